The third-order valence-electron chi connectivity index (χ3n) is 3.77. The van der Waals surface area contributed by atoms with E-state index in [9.17, 15) is 14.7 Å². The van der Waals surface area contributed by atoms with Gasteiger partial charge in [0.2, 0.25) is 5.78 Å². The van der Waals surface area contributed by atoms with Crippen LogP contribution in [0, 0.1) is 5.41 Å². The zero-order valence-electron chi connectivity index (χ0n) is 11.4. The molecule has 0 saturated carbocycles. The van der Waals surface area contributed by atoms with Gasteiger partial charge in [0.25, 0.3) is 0 Å². The fourth-order valence-corrected chi connectivity index (χ4v) is 2.73. The number of hydrogen-bond acceptors (Lipinski definition) is 4. The number of hydrogen-bond donors (Lipinski definition) is 1. The van der Waals surface area contributed by atoms with Crippen molar-refractivity contribution in [3.8, 4) is 0 Å². The van der Waals surface area contributed by atoms with Gasteiger partial charge in [0.15, 0.2) is 17.1 Å². The first-order valence-electron chi connectivity index (χ1n) is 6.09. The largest absolute Gasteiger partial charge is 0.496 e. The summed E-state index contributed by atoms with van der Waals surface area (Å²) in [5, 5.41) is 10.5. The van der Waals surface area contributed by atoms with Gasteiger partial charge in [-0.3, -0.25) is 9.59 Å². The van der Waals surface area contributed by atoms with E-state index in [0.29, 0.717) is 5.56 Å². The molecule has 0 spiro atoms. The number of carbonyl (C=O) groups is 2. The van der Waals surface area contributed by atoms with Crippen LogP contribution in [0.2, 0.25) is 0 Å². The van der Waals surface area contributed by atoms with Crippen LogP contribution in [0.1, 0.15) is 24.2 Å². The first kappa shape index (κ1) is 14.8. The maximum atomic E-state index is 12.6. The van der Waals surface area contributed by atoms with E-state index in [0.717, 1.165) is 0 Å². The zero-order chi connectivity index (χ0) is 15.1. The van der Waals surface area contributed by atoms with E-state index in [1.807, 2.05) is 0 Å². The molecule has 0 aromatic heterocycles. The van der Waals surface area contributed by atoms with Crippen LogP contribution in [0.25, 0.3) is 0 Å². The lowest BCUT2D eigenvalue weighted by Crippen LogP contribution is -2.62. The first-order chi connectivity index (χ1) is 9.28. The summed E-state index contributed by atoms with van der Waals surface area (Å²) < 4.78 is 4.98. The summed E-state index contributed by atoms with van der Waals surface area (Å²) in [6, 6.07) is 8.49. The summed E-state index contributed by atoms with van der Waals surface area (Å²) in [4.78, 5) is 24.5. The Kier molecular flexibility index (Phi) is 3.48. The van der Waals surface area contributed by atoms with E-state index in [-0.39, 0.29) is 16.6 Å². The molecule has 0 amide bonds. The normalized spacial score (nSPS) is 22.6. The van der Waals surface area contributed by atoms with E-state index >= 15 is 0 Å². The van der Waals surface area contributed by atoms with Crippen molar-refractivity contribution in [2.24, 2.45) is 5.41 Å². The Morgan fingerprint density at radius 2 is 1.85 bits per heavy atom. The highest BCUT2D eigenvalue weighted by atomic mass is 35.5. The van der Waals surface area contributed by atoms with Gasteiger partial charge in [-0.15, -0.1) is 0 Å². The second-order valence-electron chi connectivity index (χ2n) is 5.21. The molecular weight excluding hydrogens is 280 g/mol. The standard InChI is InChI=1S/C15H15ClO4/c1-14(2,11(17)9-7-5-4-6-8-9)15(19)12(18)10(16)13(15)20-3/h4-8,19H,1-3H3. The Hall–Kier alpha value is -1.65. The number of rotatable bonds is 4. The number of halogens is 1. The van der Waals surface area contributed by atoms with Gasteiger partial charge < -0.3 is 9.84 Å². The molecule has 1 N–H and O–H groups in total. The number of ether oxygens (including phenoxy) is 1. The van der Waals surface area contributed by atoms with Crippen molar-refractivity contribution in [3.63, 3.8) is 0 Å². The van der Waals surface area contributed by atoms with Crippen molar-refractivity contribution in [2.45, 2.75) is 19.4 Å². The van der Waals surface area contributed by atoms with Crippen LogP contribution in [0.4, 0.5) is 0 Å². The number of aliphatic hydroxyl groups is 1. The smallest absolute Gasteiger partial charge is 0.218 e. The molecule has 5 heteroatoms. The summed E-state index contributed by atoms with van der Waals surface area (Å²) in [7, 11) is 1.30. The first-order valence-corrected chi connectivity index (χ1v) is 6.47. The summed E-state index contributed by atoms with van der Waals surface area (Å²) in [6.07, 6.45) is 0. The summed E-state index contributed by atoms with van der Waals surface area (Å²) in [5.74, 6) is -1.10. The van der Waals surface area contributed by atoms with E-state index in [2.05, 4.69) is 0 Å². The van der Waals surface area contributed by atoms with Gasteiger partial charge >= 0.3 is 0 Å². The molecule has 0 bridgehead atoms. The SMILES string of the molecule is COC1=C(Cl)C(=O)C1(O)C(C)(C)C(=O)c1ccccc1. The van der Waals surface area contributed by atoms with Crippen molar-refractivity contribution in [2.75, 3.05) is 7.11 Å². The van der Waals surface area contributed by atoms with E-state index in [1.165, 1.54) is 21.0 Å². The number of Topliss-reactive ketones (excluding diaryl/α,β-unsaturated/α-hetero) is 2. The molecule has 1 aromatic carbocycles. The average Bonchev–Trinajstić information content (AvgIpc) is 2.46. The van der Waals surface area contributed by atoms with Gasteiger partial charge in [0.1, 0.15) is 5.03 Å². The van der Waals surface area contributed by atoms with Crippen LogP contribution in [0.15, 0.2) is 41.1 Å². The molecule has 1 aromatic rings. The van der Waals surface area contributed by atoms with E-state index in [1.54, 1.807) is 30.3 Å². The van der Waals surface area contributed by atoms with Crippen molar-refractivity contribution in [3.05, 3.63) is 46.7 Å². The highest BCUT2D eigenvalue weighted by Crippen LogP contribution is 2.50. The molecule has 0 fully saturated rings. The van der Waals surface area contributed by atoms with Crippen molar-refractivity contribution >= 4 is 23.2 Å². The van der Waals surface area contributed by atoms with Crippen LogP contribution in [0.3, 0.4) is 0 Å². The molecule has 0 heterocycles. The minimum atomic E-state index is -2.02. The Balaban J connectivity index is 2.47. The van der Waals surface area contributed by atoms with Gasteiger partial charge in [-0.05, 0) is 13.8 Å². The molecule has 0 radical (unpaired) electrons. The third kappa shape index (κ3) is 1.72. The minimum Gasteiger partial charge on any atom is -0.496 e. The van der Waals surface area contributed by atoms with Crippen LogP contribution < -0.4 is 0 Å². The molecule has 1 atom stereocenters. The van der Waals surface area contributed by atoms with Crippen LogP contribution in [-0.4, -0.2) is 29.4 Å². The highest BCUT2D eigenvalue weighted by molar-refractivity contribution is 6.48. The van der Waals surface area contributed by atoms with Gasteiger partial charge in [0.05, 0.1) is 12.5 Å². The molecule has 0 aliphatic heterocycles. The van der Waals surface area contributed by atoms with Gasteiger partial charge in [-0.1, -0.05) is 41.9 Å². The number of benzene rings is 1. The monoisotopic (exact) mass is 294 g/mol. The van der Waals surface area contributed by atoms with Crippen molar-refractivity contribution < 1.29 is 19.4 Å². The number of methoxy groups -OCH3 is 1. The minimum absolute atomic E-state index is 0.0570. The third-order valence-corrected chi connectivity index (χ3v) is 4.11. The molecule has 1 aliphatic rings. The predicted molar refractivity (Wildman–Crippen MR) is 74.4 cm³/mol. The Morgan fingerprint density at radius 1 is 1.30 bits per heavy atom. The van der Waals surface area contributed by atoms with Crippen LogP contribution in [0.5, 0.6) is 0 Å². The summed E-state index contributed by atoms with van der Waals surface area (Å²) >= 11 is 5.74. The van der Waals surface area contributed by atoms with Gasteiger partial charge in [-0.25, -0.2) is 0 Å². The summed E-state index contributed by atoms with van der Waals surface area (Å²) in [5.41, 5.74) is -2.99. The Labute approximate surface area is 122 Å². The molecular formula is C15H15ClO4. The maximum absolute atomic E-state index is 12.6. The lowest BCUT2D eigenvalue weighted by molar-refractivity contribution is -0.149. The molecule has 2 rings (SSSR count). The fraction of sp³-hybridized carbons (Fsp3) is 0.333. The van der Waals surface area contributed by atoms with Crippen molar-refractivity contribution in [1.82, 2.24) is 0 Å². The Bertz CT molecular complexity index is 604. The van der Waals surface area contributed by atoms with E-state index < -0.39 is 16.8 Å². The molecule has 4 nitrogen and oxygen atoms in total. The van der Waals surface area contributed by atoms with E-state index in [4.69, 9.17) is 16.3 Å². The predicted octanol–water partition coefficient (Wildman–Crippen LogP) is 2.31. The highest BCUT2D eigenvalue weighted by Gasteiger charge is 2.65. The summed E-state index contributed by atoms with van der Waals surface area (Å²) in [6.45, 7) is 3.01. The average molecular weight is 295 g/mol. The molecule has 106 valence electrons. The molecule has 0 saturated heterocycles. The van der Waals surface area contributed by atoms with Gasteiger partial charge in [-0.2, -0.15) is 0 Å². The second-order valence-corrected chi connectivity index (χ2v) is 5.58. The lowest BCUT2D eigenvalue weighted by atomic mass is 9.62. The van der Waals surface area contributed by atoms with Crippen LogP contribution >= 0.6 is 11.6 Å². The number of ketones is 2. The van der Waals surface area contributed by atoms with Crippen molar-refractivity contribution in [1.29, 1.82) is 0 Å². The zero-order valence-corrected chi connectivity index (χ0v) is 12.2. The molecule has 1 unspecified atom stereocenters. The Morgan fingerprint density at radius 3 is 2.35 bits per heavy atom. The lowest BCUT2D eigenvalue weighted by Gasteiger charge is -2.45. The van der Waals surface area contributed by atoms with Crippen LogP contribution in [-0.2, 0) is 9.53 Å². The maximum Gasteiger partial charge on any atom is 0.218 e. The fourth-order valence-electron chi connectivity index (χ4n) is 2.38. The molecule has 1 aliphatic carbocycles. The van der Waals surface area contributed by atoms with Gasteiger partial charge in [0, 0.05) is 5.56 Å². The number of carbonyl (C=O) groups excluding carboxylic acids is 2. The second kappa shape index (κ2) is 4.72. The quantitative estimate of drug-likeness (QED) is 0.866. The topological polar surface area (TPSA) is 63.6 Å². The molecule has 20 heavy (non-hydrogen) atoms.